The summed E-state index contributed by atoms with van der Waals surface area (Å²) >= 11 is 0. The van der Waals surface area contributed by atoms with Gasteiger partial charge in [0, 0.05) is 11.3 Å². The van der Waals surface area contributed by atoms with Crippen molar-refractivity contribution >= 4 is 5.91 Å². The van der Waals surface area contributed by atoms with Crippen LogP contribution in [0.5, 0.6) is 0 Å². The number of hydrogen-bond donors (Lipinski definition) is 4. The van der Waals surface area contributed by atoms with Gasteiger partial charge in [0.1, 0.15) is 11.6 Å². The van der Waals surface area contributed by atoms with Crippen LogP contribution in [0.15, 0.2) is 60.9 Å². The first-order valence-electron chi connectivity index (χ1n) is 13.6. The molecular weight excluding hydrogens is 472 g/mol. The molecule has 1 amide bonds. The van der Waals surface area contributed by atoms with Gasteiger partial charge in [-0.1, -0.05) is 76.2 Å². The number of H-pyrrole nitrogens is 2. The lowest BCUT2D eigenvalue weighted by Gasteiger charge is -2.28. The van der Waals surface area contributed by atoms with Crippen molar-refractivity contribution in [3.8, 4) is 33.6 Å². The van der Waals surface area contributed by atoms with Gasteiger partial charge < -0.3 is 21.0 Å². The third kappa shape index (κ3) is 5.43. The summed E-state index contributed by atoms with van der Waals surface area (Å²) in [5, 5.41) is 3.49. The molecule has 1 saturated heterocycles. The van der Waals surface area contributed by atoms with Gasteiger partial charge in [-0.15, -0.1) is 0 Å². The number of benzene rings is 2. The Morgan fingerprint density at radius 2 is 1.47 bits per heavy atom. The van der Waals surface area contributed by atoms with E-state index in [0.29, 0.717) is 18.4 Å². The van der Waals surface area contributed by atoms with Gasteiger partial charge in [-0.3, -0.25) is 4.79 Å². The van der Waals surface area contributed by atoms with E-state index in [-0.39, 0.29) is 11.8 Å². The van der Waals surface area contributed by atoms with Crippen LogP contribution < -0.4 is 11.1 Å². The van der Waals surface area contributed by atoms with E-state index in [2.05, 4.69) is 87.6 Å². The average molecular weight is 511 g/mol. The van der Waals surface area contributed by atoms with Gasteiger partial charge >= 0.3 is 0 Å². The summed E-state index contributed by atoms with van der Waals surface area (Å²) < 4.78 is 0. The molecular formula is C31H38N6O. The van der Waals surface area contributed by atoms with Gasteiger partial charge in [0.2, 0.25) is 5.91 Å². The number of nitrogens with zero attached hydrogens (tertiary/aromatic N) is 2. The molecule has 198 valence electrons. The lowest BCUT2D eigenvalue weighted by Crippen LogP contribution is -2.34. The number of aromatic nitrogens is 4. The molecule has 0 aliphatic carbocycles. The molecule has 5 N–H and O–H groups in total. The van der Waals surface area contributed by atoms with Crippen LogP contribution in [0.3, 0.4) is 0 Å². The lowest BCUT2D eigenvalue weighted by molar-refractivity contribution is -0.126. The zero-order chi connectivity index (χ0) is 26.9. The zero-order valence-corrected chi connectivity index (χ0v) is 22.7. The molecule has 1 fully saturated rings. The summed E-state index contributed by atoms with van der Waals surface area (Å²) in [7, 11) is 0. The highest BCUT2D eigenvalue weighted by molar-refractivity contribution is 5.80. The fraction of sp³-hybridized carbons (Fsp3) is 0.387. The minimum atomic E-state index is -0.591. The number of carbonyl (C=O) groups is 1. The Labute approximate surface area is 224 Å². The summed E-state index contributed by atoms with van der Waals surface area (Å²) in [4.78, 5) is 28.2. The molecule has 0 saturated carbocycles. The van der Waals surface area contributed by atoms with E-state index >= 15 is 0 Å². The topological polar surface area (TPSA) is 112 Å². The molecule has 7 nitrogen and oxygen atoms in total. The van der Waals surface area contributed by atoms with Crippen molar-refractivity contribution in [2.45, 2.75) is 58.9 Å². The van der Waals surface area contributed by atoms with E-state index in [1.807, 2.05) is 26.2 Å². The van der Waals surface area contributed by atoms with Gasteiger partial charge in [-0.2, -0.15) is 0 Å². The van der Waals surface area contributed by atoms with E-state index < -0.39 is 5.41 Å². The summed E-state index contributed by atoms with van der Waals surface area (Å²) in [6.07, 6.45) is 6.79. The van der Waals surface area contributed by atoms with Crippen LogP contribution in [-0.2, 0) is 4.79 Å². The largest absolute Gasteiger partial charge is 0.369 e. The molecule has 1 aliphatic heterocycles. The Hall–Kier alpha value is -3.71. The number of rotatable bonds is 9. The molecule has 0 bridgehead atoms. The first-order chi connectivity index (χ1) is 18.2. The number of aromatic amines is 2. The molecule has 3 heterocycles. The maximum absolute atomic E-state index is 11.9. The number of nitrogens with one attached hydrogen (secondary N) is 3. The van der Waals surface area contributed by atoms with Crippen LogP contribution in [0.25, 0.3) is 33.6 Å². The number of imidazole rings is 2. The molecule has 0 spiro atoms. The van der Waals surface area contributed by atoms with Gasteiger partial charge in [-0.05, 0) is 54.0 Å². The Morgan fingerprint density at radius 1 is 0.921 bits per heavy atom. The molecule has 2 aromatic heterocycles. The van der Waals surface area contributed by atoms with Crippen molar-refractivity contribution in [1.29, 1.82) is 0 Å². The van der Waals surface area contributed by atoms with Crippen molar-refractivity contribution in [3.63, 3.8) is 0 Å². The van der Waals surface area contributed by atoms with Crippen LogP contribution in [-0.4, -0.2) is 32.4 Å². The van der Waals surface area contributed by atoms with Crippen molar-refractivity contribution in [2.24, 2.45) is 17.1 Å². The molecule has 0 unspecified atom stereocenters. The van der Waals surface area contributed by atoms with Gasteiger partial charge in [0.05, 0.1) is 29.8 Å². The van der Waals surface area contributed by atoms with Crippen LogP contribution in [0, 0.1) is 11.3 Å². The number of carbonyl (C=O) groups excluding carboxylic acids is 1. The zero-order valence-electron chi connectivity index (χ0n) is 22.7. The number of hydrogen-bond acceptors (Lipinski definition) is 4. The predicted molar refractivity (Wildman–Crippen MR) is 152 cm³/mol. The molecule has 5 rings (SSSR count). The monoisotopic (exact) mass is 510 g/mol. The standard InChI is InChI=1S/C31H38N6O/c1-19(2)24(16-31(3,4)30(32)38)28-34-17-26(36-28)22-11-7-20(8-12-22)21-9-13-23(14-10-21)27-18-35-29(37-27)25-6-5-15-33-25/h7-14,17-19,24-25,33H,5-6,15-16H2,1-4H3,(H2,32,38)(H,34,36)(H,35,37)/t24-,25-/m0/s1. The van der Waals surface area contributed by atoms with E-state index in [4.69, 9.17) is 5.73 Å². The summed E-state index contributed by atoms with van der Waals surface area (Å²) in [6.45, 7) is 9.17. The van der Waals surface area contributed by atoms with E-state index in [1.165, 1.54) is 6.42 Å². The first-order valence-corrected chi connectivity index (χ1v) is 13.6. The molecule has 2 aromatic carbocycles. The number of amides is 1. The van der Waals surface area contributed by atoms with Crippen LogP contribution in [0.2, 0.25) is 0 Å². The molecule has 38 heavy (non-hydrogen) atoms. The van der Waals surface area contributed by atoms with E-state index in [0.717, 1.165) is 58.3 Å². The van der Waals surface area contributed by atoms with Crippen molar-refractivity contribution in [1.82, 2.24) is 25.3 Å². The van der Waals surface area contributed by atoms with Crippen molar-refractivity contribution < 1.29 is 4.79 Å². The maximum Gasteiger partial charge on any atom is 0.223 e. The molecule has 1 aliphatic rings. The maximum atomic E-state index is 11.9. The van der Waals surface area contributed by atoms with E-state index in [1.54, 1.807) is 0 Å². The minimum Gasteiger partial charge on any atom is -0.369 e. The Bertz CT molecular complexity index is 1370. The van der Waals surface area contributed by atoms with Gasteiger partial charge in [-0.25, -0.2) is 9.97 Å². The third-order valence-electron chi connectivity index (χ3n) is 7.86. The second-order valence-electron chi connectivity index (χ2n) is 11.5. The molecule has 7 heteroatoms. The Morgan fingerprint density at radius 3 is 2.00 bits per heavy atom. The second kappa shape index (κ2) is 10.6. The van der Waals surface area contributed by atoms with Gasteiger partial charge in [0.15, 0.2) is 0 Å². The molecule has 0 radical (unpaired) electrons. The second-order valence-corrected chi connectivity index (χ2v) is 11.5. The fourth-order valence-electron chi connectivity index (χ4n) is 5.23. The third-order valence-corrected chi connectivity index (χ3v) is 7.86. The SMILES string of the molecule is CC(C)[C@H](CC(C)(C)C(N)=O)c1ncc(-c2ccc(-c3ccc(-c4cnc([C@@H]5CCCN5)[nH]4)cc3)cc2)[nH]1. The smallest absolute Gasteiger partial charge is 0.223 e. The van der Waals surface area contributed by atoms with Crippen LogP contribution in [0.1, 0.15) is 70.6 Å². The highest BCUT2D eigenvalue weighted by atomic mass is 16.1. The summed E-state index contributed by atoms with van der Waals surface area (Å²) in [5.74, 6) is 2.08. The molecule has 4 aromatic rings. The predicted octanol–water partition coefficient (Wildman–Crippen LogP) is 6.20. The number of nitrogens with two attached hydrogens (primary N) is 1. The summed E-state index contributed by atoms with van der Waals surface area (Å²) in [5.41, 5.74) is 11.6. The van der Waals surface area contributed by atoms with Crippen LogP contribution >= 0.6 is 0 Å². The van der Waals surface area contributed by atoms with Gasteiger partial charge in [0.25, 0.3) is 0 Å². The fourth-order valence-corrected chi connectivity index (χ4v) is 5.23. The minimum absolute atomic E-state index is 0.115. The summed E-state index contributed by atoms with van der Waals surface area (Å²) in [6, 6.07) is 17.4. The van der Waals surface area contributed by atoms with Crippen molar-refractivity contribution in [3.05, 3.63) is 72.6 Å². The normalized spacial score (nSPS) is 16.7. The highest BCUT2D eigenvalue weighted by Gasteiger charge is 2.32. The van der Waals surface area contributed by atoms with Crippen molar-refractivity contribution in [2.75, 3.05) is 6.54 Å². The van der Waals surface area contributed by atoms with E-state index in [9.17, 15) is 4.79 Å². The highest BCUT2D eigenvalue weighted by Crippen LogP contribution is 2.36. The Balaban J connectivity index is 1.29. The Kier molecular flexibility index (Phi) is 7.21. The number of primary amides is 1. The average Bonchev–Trinajstić information content (AvgIpc) is 3.69. The lowest BCUT2D eigenvalue weighted by atomic mass is 9.77. The molecule has 2 atom stereocenters. The first kappa shape index (κ1) is 25.9. The quantitative estimate of drug-likeness (QED) is 0.215. The van der Waals surface area contributed by atoms with Crippen LogP contribution in [0.4, 0.5) is 0 Å².